The van der Waals surface area contributed by atoms with Crippen LogP contribution in [-0.2, 0) is 0 Å². The highest BCUT2D eigenvalue weighted by atomic mass is 15.4. The fraction of sp³-hybridized carbons (Fsp3) is 1.00. The Labute approximate surface area is 94.6 Å². The van der Waals surface area contributed by atoms with Gasteiger partial charge in [0, 0.05) is 36.3 Å². The summed E-state index contributed by atoms with van der Waals surface area (Å²) in [4.78, 5) is 5.36. The SMILES string of the molecule is CC(C)(C)N1C[C@H]2C1CCN2C(C)(C)C. The van der Waals surface area contributed by atoms with E-state index in [1.165, 1.54) is 19.5 Å². The molecule has 0 amide bonds. The first-order valence-corrected chi connectivity index (χ1v) is 6.25. The molecule has 0 aromatic heterocycles. The molecule has 88 valence electrons. The minimum absolute atomic E-state index is 0.351. The zero-order valence-electron chi connectivity index (χ0n) is 11.2. The first kappa shape index (κ1) is 11.4. The quantitative estimate of drug-likeness (QED) is 0.605. The maximum absolute atomic E-state index is 2.69. The fourth-order valence-electron chi connectivity index (χ4n) is 3.22. The molecule has 0 aromatic rings. The highest BCUT2D eigenvalue weighted by molar-refractivity contribution is 5.09. The van der Waals surface area contributed by atoms with E-state index in [4.69, 9.17) is 0 Å². The van der Waals surface area contributed by atoms with E-state index >= 15 is 0 Å². The summed E-state index contributed by atoms with van der Waals surface area (Å²) in [6.07, 6.45) is 1.36. The van der Waals surface area contributed by atoms with E-state index in [0.717, 1.165) is 12.1 Å². The molecule has 2 saturated heterocycles. The molecule has 0 N–H and O–H groups in total. The second-order valence-electron chi connectivity index (χ2n) is 7.11. The molecular formula is C13H26N2. The van der Waals surface area contributed by atoms with E-state index < -0.39 is 0 Å². The van der Waals surface area contributed by atoms with Crippen LogP contribution >= 0.6 is 0 Å². The van der Waals surface area contributed by atoms with Crippen LogP contribution in [0.1, 0.15) is 48.0 Å². The van der Waals surface area contributed by atoms with Gasteiger partial charge in [-0.15, -0.1) is 0 Å². The number of rotatable bonds is 0. The van der Waals surface area contributed by atoms with Gasteiger partial charge in [0.15, 0.2) is 0 Å². The third-order valence-electron chi connectivity index (χ3n) is 4.02. The van der Waals surface area contributed by atoms with Gasteiger partial charge in [-0.25, -0.2) is 0 Å². The van der Waals surface area contributed by atoms with Gasteiger partial charge in [0.1, 0.15) is 0 Å². The first-order chi connectivity index (χ1) is 6.71. The molecule has 0 spiro atoms. The average Bonchev–Trinajstić information content (AvgIpc) is 2.22. The number of hydrogen-bond donors (Lipinski definition) is 0. The standard InChI is InChI=1S/C13H26N2/c1-12(2,3)14-8-7-10-11(14)9-15(10)13(4,5)6/h10-11H,7-9H2,1-6H3/t10?,11-/m0/s1. The molecule has 15 heavy (non-hydrogen) atoms. The largest absolute Gasteiger partial charge is 0.293 e. The minimum atomic E-state index is 0.351. The summed E-state index contributed by atoms with van der Waals surface area (Å²) >= 11 is 0. The van der Waals surface area contributed by atoms with Crippen molar-refractivity contribution >= 4 is 0 Å². The zero-order chi connectivity index (χ0) is 11.4. The fourth-order valence-corrected chi connectivity index (χ4v) is 3.22. The Morgan fingerprint density at radius 2 is 1.33 bits per heavy atom. The number of fused-ring (bicyclic) bond motifs is 1. The topological polar surface area (TPSA) is 6.48 Å². The van der Waals surface area contributed by atoms with Gasteiger partial charge in [0.05, 0.1) is 0 Å². The second kappa shape index (κ2) is 3.21. The normalized spacial score (nSPS) is 34.0. The van der Waals surface area contributed by atoms with Gasteiger partial charge in [-0.05, 0) is 48.0 Å². The first-order valence-electron chi connectivity index (χ1n) is 6.25. The summed E-state index contributed by atoms with van der Waals surface area (Å²) < 4.78 is 0. The molecule has 0 radical (unpaired) electrons. The van der Waals surface area contributed by atoms with Crippen molar-refractivity contribution in [2.45, 2.75) is 71.1 Å². The lowest BCUT2D eigenvalue weighted by atomic mass is 9.88. The Balaban J connectivity index is 2.03. The number of hydrogen-bond acceptors (Lipinski definition) is 2. The van der Waals surface area contributed by atoms with E-state index in [2.05, 4.69) is 51.3 Å². The zero-order valence-corrected chi connectivity index (χ0v) is 11.2. The van der Waals surface area contributed by atoms with Crippen LogP contribution in [0.3, 0.4) is 0 Å². The van der Waals surface area contributed by atoms with Crippen LogP contribution in [0, 0.1) is 0 Å². The van der Waals surface area contributed by atoms with Crippen molar-refractivity contribution in [2.75, 3.05) is 13.1 Å². The molecule has 2 heteroatoms. The summed E-state index contributed by atoms with van der Waals surface area (Å²) in [5.41, 5.74) is 0.707. The summed E-state index contributed by atoms with van der Waals surface area (Å²) in [6.45, 7) is 16.6. The van der Waals surface area contributed by atoms with E-state index in [-0.39, 0.29) is 0 Å². The molecule has 0 bridgehead atoms. The van der Waals surface area contributed by atoms with Gasteiger partial charge in [-0.2, -0.15) is 0 Å². The maximum atomic E-state index is 2.69. The molecule has 0 aromatic carbocycles. The molecule has 2 aliphatic heterocycles. The Bertz CT molecular complexity index is 246. The third kappa shape index (κ3) is 1.83. The molecule has 0 saturated carbocycles. The van der Waals surface area contributed by atoms with Gasteiger partial charge in [-0.3, -0.25) is 9.80 Å². The van der Waals surface area contributed by atoms with Gasteiger partial charge in [0.2, 0.25) is 0 Å². The lowest BCUT2D eigenvalue weighted by molar-refractivity contribution is -0.0613. The summed E-state index contributed by atoms with van der Waals surface area (Å²) in [7, 11) is 0. The smallest absolute Gasteiger partial charge is 0.0385 e. The summed E-state index contributed by atoms with van der Waals surface area (Å²) in [5.74, 6) is 0. The van der Waals surface area contributed by atoms with Crippen LogP contribution in [0.25, 0.3) is 0 Å². The summed E-state index contributed by atoms with van der Waals surface area (Å²) in [5, 5.41) is 0. The van der Waals surface area contributed by atoms with Crippen molar-refractivity contribution in [3.8, 4) is 0 Å². The number of nitrogens with zero attached hydrogens (tertiary/aromatic N) is 2. The van der Waals surface area contributed by atoms with Crippen LogP contribution in [0.5, 0.6) is 0 Å². The van der Waals surface area contributed by atoms with Crippen LogP contribution in [0.15, 0.2) is 0 Å². The molecule has 2 atom stereocenters. The molecule has 2 fully saturated rings. The van der Waals surface area contributed by atoms with Crippen LogP contribution in [-0.4, -0.2) is 46.1 Å². The minimum Gasteiger partial charge on any atom is -0.293 e. The van der Waals surface area contributed by atoms with Crippen molar-refractivity contribution in [2.24, 2.45) is 0 Å². The molecule has 2 aliphatic rings. The predicted molar refractivity (Wildman–Crippen MR) is 65.1 cm³/mol. The maximum Gasteiger partial charge on any atom is 0.0385 e. The highest BCUT2D eigenvalue weighted by Crippen LogP contribution is 2.40. The van der Waals surface area contributed by atoms with Crippen LogP contribution < -0.4 is 0 Å². The Morgan fingerprint density at radius 1 is 0.800 bits per heavy atom. The highest BCUT2D eigenvalue weighted by Gasteiger charge is 2.52. The lowest BCUT2D eigenvalue weighted by Crippen LogP contribution is -2.68. The Hall–Kier alpha value is -0.0800. The predicted octanol–water partition coefficient (Wildman–Crippen LogP) is 2.34. The van der Waals surface area contributed by atoms with Crippen molar-refractivity contribution in [3.63, 3.8) is 0 Å². The van der Waals surface area contributed by atoms with Crippen molar-refractivity contribution in [3.05, 3.63) is 0 Å². The lowest BCUT2D eigenvalue weighted by Gasteiger charge is -2.55. The van der Waals surface area contributed by atoms with Gasteiger partial charge >= 0.3 is 0 Å². The number of likely N-dealkylation sites (tertiary alicyclic amines) is 2. The monoisotopic (exact) mass is 210 g/mol. The molecule has 0 aliphatic carbocycles. The second-order valence-corrected chi connectivity index (χ2v) is 7.11. The molecule has 2 nitrogen and oxygen atoms in total. The van der Waals surface area contributed by atoms with Crippen LogP contribution in [0.2, 0.25) is 0 Å². The summed E-state index contributed by atoms with van der Waals surface area (Å²) in [6, 6.07) is 1.65. The van der Waals surface area contributed by atoms with Gasteiger partial charge in [0.25, 0.3) is 0 Å². The Kier molecular flexibility index (Phi) is 2.44. The van der Waals surface area contributed by atoms with E-state index in [1.807, 2.05) is 0 Å². The van der Waals surface area contributed by atoms with E-state index in [0.29, 0.717) is 11.1 Å². The van der Waals surface area contributed by atoms with Gasteiger partial charge in [-0.1, -0.05) is 0 Å². The van der Waals surface area contributed by atoms with E-state index in [1.54, 1.807) is 0 Å². The molecule has 2 heterocycles. The van der Waals surface area contributed by atoms with Crippen molar-refractivity contribution in [1.82, 2.24) is 9.80 Å². The third-order valence-corrected chi connectivity index (χ3v) is 4.02. The molecule has 1 unspecified atom stereocenters. The van der Waals surface area contributed by atoms with Crippen molar-refractivity contribution < 1.29 is 0 Å². The van der Waals surface area contributed by atoms with E-state index in [9.17, 15) is 0 Å². The van der Waals surface area contributed by atoms with Crippen LogP contribution in [0.4, 0.5) is 0 Å². The van der Waals surface area contributed by atoms with Crippen molar-refractivity contribution in [1.29, 1.82) is 0 Å². The molecule has 2 rings (SSSR count). The molecular weight excluding hydrogens is 184 g/mol. The van der Waals surface area contributed by atoms with Gasteiger partial charge < -0.3 is 0 Å². The average molecular weight is 210 g/mol. The Morgan fingerprint density at radius 3 is 1.80 bits per heavy atom.